The standard InChI is InChI=1S/C31H32N6O4/c1-7-33-26-22(20-9-8-10-21(15-20)27(38)36-31(4,5)30-34-18(3)41-37-30)16-23-24(28(39)32-6)25(40-29(23)35-26)19-13-11-17(2)12-14-19/h8-16H,7H2,1-6H3,(H,32,39)(H,33,35)(H,36,38). The first kappa shape index (κ1) is 27.6. The summed E-state index contributed by atoms with van der Waals surface area (Å²) in [5.74, 6) is 1.25. The predicted molar refractivity (Wildman–Crippen MR) is 157 cm³/mol. The maximum absolute atomic E-state index is 13.3. The molecule has 10 nitrogen and oxygen atoms in total. The van der Waals surface area contributed by atoms with Crippen molar-refractivity contribution in [3.8, 4) is 22.5 Å². The number of furan rings is 1. The van der Waals surface area contributed by atoms with Crippen LogP contribution >= 0.6 is 0 Å². The number of pyridine rings is 1. The van der Waals surface area contributed by atoms with Gasteiger partial charge in [-0.05, 0) is 51.5 Å². The molecule has 0 fully saturated rings. The SMILES string of the molecule is CCNc1nc2oc(-c3ccc(C)cc3)c(C(=O)NC)c2cc1-c1cccc(C(=O)NC(C)(C)c2noc(C)n2)c1. The Labute approximate surface area is 237 Å². The molecule has 0 radical (unpaired) electrons. The number of fused-ring (bicyclic) bond motifs is 1. The number of anilines is 1. The molecule has 0 saturated heterocycles. The molecule has 2 amide bonds. The molecule has 3 aromatic heterocycles. The van der Waals surface area contributed by atoms with Crippen LogP contribution in [0, 0.1) is 13.8 Å². The number of aryl methyl sites for hydroxylation is 2. The lowest BCUT2D eigenvalue weighted by Crippen LogP contribution is -2.41. The zero-order valence-electron chi connectivity index (χ0n) is 23.9. The third-order valence-electron chi connectivity index (χ3n) is 6.74. The fourth-order valence-corrected chi connectivity index (χ4v) is 4.60. The molecule has 2 aromatic carbocycles. The van der Waals surface area contributed by atoms with E-state index in [2.05, 4.69) is 26.1 Å². The second-order valence-corrected chi connectivity index (χ2v) is 10.3. The molecular weight excluding hydrogens is 520 g/mol. The van der Waals surface area contributed by atoms with Crippen molar-refractivity contribution >= 4 is 28.7 Å². The van der Waals surface area contributed by atoms with E-state index in [0.717, 1.165) is 22.3 Å². The van der Waals surface area contributed by atoms with Gasteiger partial charge >= 0.3 is 0 Å². The van der Waals surface area contributed by atoms with Crippen LogP contribution in [0.3, 0.4) is 0 Å². The van der Waals surface area contributed by atoms with Crippen molar-refractivity contribution in [1.29, 1.82) is 0 Å². The largest absolute Gasteiger partial charge is 0.437 e. The fourth-order valence-electron chi connectivity index (χ4n) is 4.60. The topological polar surface area (TPSA) is 135 Å². The third-order valence-corrected chi connectivity index (χ3v) is 6.74. The highest BCUT2D eigenvalue weighted by molar-refractivity contribution is 6.11. The van der Waals surface area contributed by atoms with Gasteiger partial charge in [-0.3, -0.25) is 9.59 Å². The maximum atomic E-state index is 13.3. The number of hydrogen-bond acceptors (Lipinski definition) is 8. The van der Waals surface area contributed by atoms with Crippen LogP contribution in [-0.2, 0) is 5.54 Å². The summed E-state index contributed by atoms with van der Waals surface area (Å²) in [6.45, 7) is 9.90. The molecule has 5 aromatic rings. The summed E-state index contributed by atoms with van der Waals surface area (Å²) in [4.78, 5) is 35.5. The van der Waals surface area contributed by atoms with Gasteiger partial charge in [0.05, 0.1) is 16.5 Å². The Morgan fingerprint density at radius 2 is 1.71 bits per heavy atom. The monoisotopic (exact) mass is 552 g/mol. The number of amides is 2. The molecule has 3 heterocycles. The normalized spacial score (nSPS) is 11.5. The van der Waals surface area contributed by atoms with Gasteiger partial charge in [0.2, 0.25) is 11.6 Å². The van der Waals surface area contributed by atoms with Crippen molar-refractivity contribution in [3.05, 3.63) is 83.0 Å². The molecule has 0 saturated carbocycles. The van der Waals surface area contributed by atoms with Gasteiger partial charge in [-0.1, -0.05) is 47.1 Å². The molecule has 10 heteroatoms. The van der Waals surface area contributed by atoms with Crippen molar-refractivity contribution in [2.45, 2.75) is 40.2 Å². The van der Waals surface area contributed by atoms with Gasteiger partial charge in [-0.25, -0.2) is 0 Å². The van der Waals surface area contributed by atoms with E-state index < -0.39 is 5.54 Å². The Hall–Kier alpha value is -4.99. The molecule has 210 valence electrons. The zero-order chi connectivity index (χ0) is 29.3. The molecule has 0 aliphatic carbocycles. The summed E-state index contributed by atoms with van der Waals surface area (Å²) in [5, 5.41) is 13.5. The van der Waals surface area contributed by atoms with Gasteiger partial charge < -0.3 is 24.9 Å². The Balaban J connectivity index is 1.60. The van der Waals surface area contributed by atoms with Crippen LogP contribution in [0.4, 0.5) is 5.82 Å². The first-order valence-corrected chi connectivity index (χ1v) is 13.4. The lowest BCUT2D eigenvalue weighted by Gasteiger charge is -2.22. The summed E-state index contributed by atoms with van der Waals surface area (Å²) >= 11 is 0. The van der Waals surface area contributed by atoms with Gasteiger partial charge in [0.15, 0.2) is 5.82 Å². The molecular formula is C31H32N6O4. The van der Waals surface area contributed by atoms with Crippen LogP contribution in [0.2, 0.25) is 0 Å². The van der Waals surface area contributed by atoms with Crippen molar-refractivity contribution in [1.82, 2.24) is 25.8 Å². The Kier molecular flexibility index (Phi) is 7.32. The van der Waals surface area contributed by atoms with Crippen molar-refractivity contribution < 1.29 is 18.5 Å². The summed E-state index contributed by atoms with van der Waals surface area (Å²) in [6.07, 6.45) is 0. The van der Waals surface area contributed by atoms with Crippen LogP contribution in [0.5, 0.6) is 0 Å². The van der Waals surface area contributed by atoms with E-state index in [4.69, 9.17) is 13.9 Å². The minimum Gasteiger partial charge on any atom is -0.437 e. The Morgan fingerprint density at radius 3 is 2.37 bits per heavy atom. The molecule has 3 N–H and O–H groups in total. The van der Waals surface area contributed by atoms with Crippen LogP contribution in [0.1, 0.15) is 58.8 Å². The molecule has 41 heavy (non-hydrogen) atoms. The van der Waals surface area contributed by atoms with Gasteiger partial charge in [0.25, 0.3) is 11.8 Å². The highest BCUT2D eigenvalue weighted by Gasteiger charge is 2.29. The van der Waals surface area contributed by atoms with Crippen LogP contribution < -0.4 is 16.0 Å². The zero-order valence-corrected chi connectivity index (χ0v) is 23.9. The number of aromatic nitrogens is 3. The van der Waals surface area contributed by atoms with Crippen LogP contribution in [-0.4, -0.2) is 40.5 Å². The number of hydrogen-bond donors (Lipinski definition) is 3. The van der Waals surface area contributed by atoms with Crippen LogP contribution in [0.25, 0.3) is 33.6 Å². The van der Waals surface area contributed by atoms with E-state index in [1.807, 2.05) is 70.2 Å². The molecule has 0 aliphatic rings. The van der Waals surface area contributed by atoms with E-state index in [-0.39, 0.29) is 11.8 Å². The average molecular weight is 553 g/mol. The lowest BCUT2D eigenvalue weighted by atomic mass is 9.99. The molecule has 0 aliphatic heterocycles. The number of nitrogens with zero attached hydrogens (tertiary/aromatic N) is 3. The van der Waals surface area contributed by atoms with Gasteiger partial charge in [0, 0.05) is 37.2 Å². The van der Waals surface area contributed by atoms with E-state index in [1.165, 1.54) is 0 Å². The average Bonchev–Trinajstić information content (AvgIpc) is 3.56. The van der Waals surface area contributed by atoms with Gasteiger partial charge in [0.1, 0.15) is 11.6 Å². The molecule has 0 bridgehead atoms. The van der Waals surface area contributed by atoms with E-state index in [9.17, 15) is 9.59 Å². The quantitative estimate of drug-likeness (QED) is 0.226. The minimum atomic E-state index is -0.855. The number of carbonyl (C=O) groups excluding carboxylic acids is 2. The lowest BCUT2D eigenvalue weighted by molar-refractivity contribution is 0.0906. The summed E-state index contributed by atoms with van der Waals surface area (Å²) in [6, 6.07) is 16.9. The number of carbonyl (C=O) groups is 2. The Morgan fingerprint density at radius 1 is 0.951 bits per heavy atom. The van der Waals surface area contributed by atoms with Crippen molar-refractivity contribution in [2.24, 2.45) is 0 Å². The second kappa shape index (κ2) is 10.9. The van der Waals surface area contributed by atoms with Crippen molar-refractivity contribution in [3.63, 3.8) is 0 Å². The summed E-state index contributed by atoms with van der Waals surface area (Å²) in [7, 11) is 1.58. The molecule has 0 atom stereocenters. The maximum Gasteiger partial charge on any atom is 0.255 e. The number of rotatable bonds is 8. The fraction of sp³-hybridized carbons (Fsp3) is 0.258. The summed E-state index contributed by atoms with van der Waals surface area (Å²) in [5.41, 5.74) is 3.67. The van der Waals surface area contributed by atoms with E-state index in [1.54, 1.807) is 26.1 Å². The predicted octanol–water partition coefficient (Wildman–Crippen LogP) is 5.62. The van der Waals surface area contributed by atoms with Crippen LogP contribution in [0.15, 0.2) is 63.5 Å². The van der Waals surface area contributed by atoms with Gasteiger partial charge in [-0.15, -0.1) is 0 Å². The Bertz CT molecular complexity index is 1750. The third kappa shape index (κ3) is 5.41. The van der Waals surface area contributed by atoms with E-state index in [0.29, 0.717) is 52.1 Å². The van der Waals surface area contributed by atoms with Crippen molar-refractivity contribution in [2.75, 3.05) is 18.9 Å². The van der Waals surface area contributed by atoms with E-state index >= 15 is 0 Å². The number of nitrogens with one attached hydrogen (secondary N) is 3. The molecule has 0 unspecified atom stereocenters. The first-order chi connectivity index (χ1) is 19.6. The molecule has 0 spiro atoms. The van der Waals surface area contributed by atoms with Gasteiger partial charge in [-0.2, -0.15) is 9.97 Å². The smallest absolute Gasteiger partial charge is 0.255 e. The highest BCUT2D eigenvalue weighted by Crippen LogP contribution is 2.38. The first-order valence-electron chi connectivity index (χ1n) is 13.4. The second-order valence-electron chi connectivity index (χ2n) is 10.3. The highest BCUT2D eigenvalue weighted by atomic mass is 16.5. The molecule has 5 rings (SSSR count). The summed E-state index contributed by atoms with van der Waals surface area (Å²) < 4.78 is 11.3. The number of benzene rings is 2. The minimum absolute atomic E-state index is 0.282.